The molecule has 0 amide bonds. The van der Waals surface area contributed by atoms with Crippen molar-refractivity contribution in [3.05, 3.63) is 105 Å². The lowest BCUT2D eigenvalue weighted by Crippen LogP contribution is -2.43. The van der Waals surface area contributed by atoms with Gasteiger partial charge in [0.1, 0.15) is 12.4 Å². The molecule has 0 unspecified atom stereocenters. The highest BCUT2D eigenvalue weighted by atomic mass is 19.1. The minimum atomic E-state index is -0.851. The zero-order valence-corrected chi connectivity index (χ0v) is 20.3. The lowest BCUT2D eigenvalue weighted by atomic mass is 10.1. The third kappa shape index (κ3) is 6.27. The van der Waals surface area contributed by atoms with Crippen molar-refractivity contribution in [1.82, 2.24) is 19.1 Å². The van der Waals surface area contributed by atoms with Crippen LogP contribution in [-0.2, 0) is 29.3 Å². The molecule has 0 atom stereocenters. The number of halogens is 2. The van der Waals surface area contributed by atoms with Crippen molar-refractivity contribution in [3.63, 3.8) is 0 Å². The summed E-state index contributed by atoms with van der Waals surface area (Å²) in [5.74, 6) is -1.12. The van der Waals surface area contributed by atoms with E-state index in [9.17, 15) is 23.2 Å². The molecule has 0 fully saturated rings. The number of nitrogens with zero attached hydrogens (tertiary/aromatic N) is 4. The number of hydrogen-bond acceptors (Lipinski definition) is 8. The van der Waals surface area contributed by atoms with E-state index in [1.807, 2.05) is 0 Å². The number of esters is 1. The number of benzene rings is 2. The molecule has 196 valence electrons. The van der Waals surface area contributed by atoms with E-state index in [-0.39, 0.29) is 31.3 Å². The molecule has 0 saturated heterocycles. The van der Waals surface area contributed by atoms with Crippen LogP contribution in [0.3, 0.4) is 0 Å². The van der Waals surface area contributed by atoms with Crippen LogP contribution in [0.2, 0.25) is 0 Å². The number of pyridine rings is 1. The molecule has 2 aromatic carbocycles. The van der Waals surface area contributed by atoms with Crippen molar-refractivity contribution in [1.29, 1.82) is 0 Å². The summed E-state index contributed by atoms with van der Waals surface area (Å²) < 4.78 is 38.9. The van der Waals surface area contributed by atoms with E-state index >= 15 is 0 Å². The fourth-order valence-corrected chi connectivity index (χ4v) is 3.47. The normalized spacial score (nSPS) is 10.7. The number of methoxy groups -OCH3 is 1. The van der Waals surface area contributed by atoms with E-state index in [1.165, 1.54) is 30.0 Å². The molecule has 1 N–H and O–H groups in total. The molecule has 0 radical (unpaired) electrons. The number of nitrogens with one attached hydrogen (secondary N) is 1. The summed E-state index contributed by atoms with van der Waals surface area (Å²) in [4.78, 5) is 45.4. The molecule has 4 rings (SSSR count). The third-order valence-corrected chi connectivity index (χ3v) is 5.48. The Labute approximate surface area is 215 Å². The molecule has 0 aliphatic carbocycles. The maximum atomic E-state index is 13.8. The van der Waals surface area contributed by atoms with Gasteiger partial charge in [0.15, 0.2) is 5.82 Å². The highest BCUT2D eigenvalue weighted by Crippen LogP contribution is 2.24. The second-order valence-electron chi connectivity index (χ2n) is 8.06. The SMILES string of the molecule is COC(=O)CCn1c(=O)nc(Nc2ccc(Oc3ncccc3F)cc2)n(Cc2ccc(CF)cc2)c1=O. The zero-order chi connectivity index (χ0) is 27.1. The summed E-state index contributed by atoms with van der Waals surface area (Å²) in [6.45, 7) is -0.826. The molecule has 0 aliphatic heterocycles. The van der Waals surface area contributed by atoms with Crippen molar-refractivity contribution in [2.75, 3.05) is 12.4 Å². The number of anilines is 2. The van der Waals surface area contributed by atoms with E-state index in [4.69, 9.17) is 4.74 Å². The lowest BCUT2D eigenvalue weighted by Gasteiger charge is -2.16. The second-order valence-corrected chi connectivity index (χ2v) is 8.06. The molecular weight excluding hydrogens is 500 g/mol. The molecule has 38 heavy (non-hydrogen) atoms. The van der Waals surface area contributed by atoms with Crippen LogP contribution in [0.5, 0.6) is 11.6 Å². The molecule has 4 aromatic rings. The van der Waals surface area contributed by atoms with Crippen molar-refractivity contribution in [3.8, 4) is 11.6 Å². The number of carbonyl (C=O) groups is 1. The van der Waals surface area contributed by atoms with E-state index < -0.39 is 29.8 Å². The summed E-state index contributed by atoms with van der Waals surface area (Å²) in [5, 5.41) is 2.94. The van der Waals surface area contributed by atoms with E-state index in [0.717, 1.165) is 4.57 Å². The van der Waals surface area contributed by atoms with Gasteiger partial charge < -0.3 is 14.8 Å². The summed E-state index contributed by atoms with van der Waals surface area (Å²) in [7, 11) is 1.21. The summed E-state index contributed by atoms with van der Waals surface area (Å²) >= 11 is 0. The van der Waals surface area contributed by atoms with Gasteiger partial charge in [-0.15, -0.1) is 0 Å². The van der Waals surface area contributed by atoms with Gasteiger partial charge in [0, 0.05) is 18.4 Å². The quantitative estimate of drug-likeness (QED) is 0.314. The largest absolute Gasteiger partial charge is 0.469 e. The molecule has 2 heterocycles. The predicted molar refractivity (Wildman–Crippen MR) is 134 cm³/mol. The minimum absolute atomic E-state index is 0.0133. The number of ether oxygens (including phenoxy) is 2. The number of aromatic nitrogens is 4. The van der Waals surface area contributed by atoms with Crippen LogP contribution in [0, 0.1) is 5.82 Å². The van der Waals surface area contributed by atoms with Crippen LogP contribution in [-0.4, -0.2) is 32.2 Å². The topological polar surface area (TPSA) is 117 Å². The first-order chi connectivity index (χ1) is 18.4. The standard InChI is InChI=1S/C26H23F2N5O5/c1-37-22(34)12-14-32-25(35)31-24(33(26(32)36)16-18-6-4-17(15-27)5-7-18)30-19-8-10-20(11-9-19)38-23-21(28)3-2-13-29-23/h2-11,13H,12,14-16H2,1H3,(H,30,31,35). The molecule has 10 nitrogen and oxygen atoms in total. The van der Waals surface area contributed by atoms with Gasteiger partial charge in [-0.1, -0.05) is 24.3 Å². The summed E-state index contributed by atoms with van der Waals surface area (Å²) in [6, 6.07) is 15.5. The van der Waals surface area contributed by atoms with E-state index in [2.05, 4.69) is 20.0 Å². The van der Waals surface area contributed by atoms with Gasteiger partial charge >= 0.3 is 17.3 Å². The van der Waals surface area contributed by atoms with Gasteiger partial charge in [-0.05, 0) is 47.5 Å². The molecule has 0 spiro atoms. The fourth-order valence-electron chi connectivity index (χ4n) is 3.47. The second kappa shape index (κ2) is 11.9. The third-order valence-electron chi connectivity index (χ3n) is 5.48. The lowest BCUT2D eigenvalue weighted by molar-refractivity contribution is -0.140. The van der Waals surface area contributed by atoms with Gasteiger partial charge in [0.2, 0.25) is 5.95 Å². The number of hydrogen-bond donors (Lipinski definition) is 1. The Bertz CT molecular complexity index is 1540. The van der Waals surface area contributed by atoms with Crippen molar-refractivity contribution < 1.29 is 23.0 Å². The van der Waals surface area contributed by atoms with Crippen LogP contribution in [0.1, 0.15) is 17.5 Å². The first-order valence-electron chi connectivity index (χ1n) is 11.5. The molecular formula is C26H23F2N5O5. The predicted octanol–water partition coefficient (Wildman–Crippen LogP) is 3.56. The van der Waals surface area contributed by atoms with Crippen LogP contribution in [0.15, 0.2) is 76.4 Å². The average molecular weight is 523 g/mol. The molecule has 2 aromatic heterocycles. The fraction of sp³-hybridized carbons (Fsp3) is 0.192. The average Bonchev–Trinajstić information content (AvgIpc) is 2.93. The zero-order valence-electron chi connectivity index (χ0n) is 20.3. The number of carbonyl (C=O) groups excluding carboxylic acids is 1. The molecule has 0 aliphatic rings. The number of rotatable bonds is 10. The van der Waals surface area contributed by atoms with Crippen molar-refractivity contribution in [2.24, 2.45) is 0 Å². The monoisotopic (exact) mass is 523 g/mol. The van der Waals surface area contributed by atoms with E-state index in [1.54, 1.807) is 48.5 Å². The first-order valence-corrected chi connectivity index (χ1v) is 11.5. The Morgan fingerprint density at radius 3 is 2.37 bits per heavy atom. The van der Waals surface area contributed by atoms with Gasteiger partial charge in [0.05, 0.1) is 20.1 Å². The van der Waals surface area contributed by atoms with E-state index in [0.29, 0.717) is 22.6 Å². The van der Waals surface area contributed by atoms with Crippen LogP contribution in [0.4, 0.5) is 20.4 Å². The Morgan fingerprint density at radius 2 is 1.71 bits per heavy atom. The Morgan fingerprint density at radius 1 is 1.00 bits per heavy atom. The smallest absolute Gasteiger partial charge is 0.354 e. The highest BCUT2D eigenvalue weighted by Gasteiger charge is 2.16. The molecule has 12 heteroatoms. The van der Waals surface area contributed by atoms with Gasteiger partial charge in [0.25, 0.3) is 5.88 Å². The highest BCUT2D eigenvalue weighted by molar-refractivity contribution is 5.69. The van der Waals surface area contributed by atoms with Crippen LogP contribution < -0.4 is 21.4 Å². The maximum Gasteiger partial charge on any atom is 0.354 e. The Balaban J connectivity index is 1.64. The summed E-state index contributed by atoms with van der Waals surface area (Å²) in [5.41, 5.74) is 0.0495. The maximum absolute atomic E-state index is 13.8. The molecule has 0 saturated carbocycles. The molecule has 0 bridgehead atoms. The Kier molecular flexibility index (Phi) is 8.21. The summed E-state index contributed by atoms with van der Waals surface area (Å²) in [6.07, 6.45) is 1.21. The first kappa shape index (κ1) is 26.2. The number of alkyl halides is 1. The van der Waals surface area contributed by atoms with Gasteiger partial charge in [-0.2, -0.15) is 4.98 Å². The van der Waals surface area contributed by atoms with Crippen LogP contribution in [0.25, 0.3) is 0 Å². The van der Waals surface area contributed by atoms with Gasteiger partial charge in [-0.25, -0.2) is 27.9 Å². The van der Waals surface area contributed by atoms with Crippen molar-refractivity contribution >= 4 is 17.6 Å². The van der Waals surface area contributed by atoms with Crippen molar-refractivity contribution in [2.45, 2.75) is 26.2 Å². The van der Waals surface area contributed by atoms with Gasteiger partial charge in [-0.3, -0.25) is 9.36 Å². The van der Waals surface area contributed by atoms with Crippen LogP contribution >= 0.6 is 0 Å². The Hall–Kier alpha value is -4.87. The minimum Gasteiger partial charge on any atom is -0.469 e.